The lowest BCUT2D eigenvalue weighted by Gasteiger charge is -2.20. The maximum atomic E-state index is 7.00. The number of hydrogen-bond donors (Lipinski definition) is 6. The standard InChI is InChI=1S/C20H25N7O.C19H23N7O.CH4O/c1-13-9-19(21-2)24-20(22-13)23-15-5-6-18(28-4)17(10-15)27-12-14-11-26(3)8-7-16(14)25-27;1-12-8-18(20-2)24-19(22-12)23-14-4-5-17(27-3)16(9-14)26-11-13-10-21-7-6-15(13)25-26;1-2/h5-6,9-10,12H,7-8,11H2,1-4H3,(H2,21,22,23,24);4-5,8-9,11,21H,6-7,10H2,1-3H3,(H2,20,22,23,24);2H,1H3. The van der Waals surface area contributed by atoms with Gasteiger partial charge in [0.2, 0.25) is 11.9 Å². The molecule has 4 aromatic heterocycles. The van der Waals surface area contributed by atoms with E-state index in [1.165, 1.54) is 11.1 Å². The van der Waals surface area contributed by atoms with Gasteiger partial charge in [0.05, 0.1) is 25.6 Å². The molecule has 0 unspecified atom stereocenters. The molecule has 6 N–H and O–H groups in total. The van der Waals surface area contributed by atoms with E-state index in [4.69, 9.17) is 24.8 Å². The van der Waals surface area contributed by atoms with Crippen LogP contribution >= 0.6 is 0 Å². The molecule has 300 valence electrons. The predicted molar refractivity (Wildman–Crippen MR) is 223 cm³/mol. The molecule has 0 aliphatic carbocycles. The van der Waals surface area contributed by atoms with Crippen molar-refractivity contribution in [3.63, 3.8) is 0 Å². The first-order valence-corrected chi connectivity index (χ1v) is 18.7. The molecule has 2 aliphatic rings. The van der Waals surface area contributed by atoms with Crippen LogP contribution in [0.3, 0.4) is 0 Å². The van der Waals surface area contributed by atoms with Crippen molar-refractivity contribution in [1.82, 2.24) is 49.7 Å². The van der Waals surface area contributed by atoms with Crippen LogP contribution in [0.4, 0.5) is 34.9 Å². The fourth-order valence-corrected chi connectivity index (χ4v) is 6.59. The zero-order valence-corrected chi connectivity index (χ0v) is 33.8. The third-order valence-electron chi connectivity index (χ3n) is 9.36. The molecule has 0 spiro atoms. The molecule has 0 amide bonds. The van der Waals surface area contributed by atoms with Crippen molar-refractivity contribution in [3.8, 4) is 22.9 Å². The molecular formula is C40H52N14O3. The number of hydrogen-bond acceptors (Lipinski definition) is 15. The number of fused-ring (bicyclic) bond motifs is 2. The molecular weight excluding hydrogens is 725 g/mol. The Morgan fingerprint density at radius 1 is 0.684 bits per heavy atom. The molecule has 6 aromatic rings. The Morgan fingerprint density at radius 3 is 1.68 bits per heavy atom. The highest BCUT2D eigenvalue weighted by Gasteiger charge is 2.20. The van der Waals surface area contributed by atoms with Crippen molar-refractivity contribution in [1.29, 1.82) is 0 Å². The van der Waals surface area contributed by atoms with Crippen molar-refractivity contribution < 1.29 is 14.6 Å². The van der Waals surface area contributed by atoms with E-state index < -0.39 is 0 Å². The van der Waals surface area contributed by atoms with Gasteiger partial charge < -0.3 is 46.1 Å². The van der Waals surface area contributed by atoms with E-state index in [1.807, 2.05) is 85.8 Å². The molecule has 2 aromatic carbocycles. The lowest BCUT2D eigenvalue weighted by Crippen LogP contribution is -2.25. The number of nitrogens with one attached hydrogen (secondary N) is 5. The minimum absolute atomic E-state index is 0.541. The predicted octanol–water partition coefficient (Wildman–Crippen LogP) is 4.77. The fourth-order valence-electron chi connectivity index (χ4n) is 6.59. The second-order valence-corrected chi connectivity index (χ2v) is 13.5. The molecule has 0 bridgehead atoms. The summed E-state index contributed by atoms with van der Waals surface area (Å²) in [5, 5.41) is 32.6. The maximum absolute atomic E-state index is 7.00. The second-order valence-electron chi connectivity index (χ2n) is 13.5. The molecule has 2 aliphatic heterocycles. The first-order chi connectivity index (χ1) is 27.7. The van der Waals surface area contributed by atoms with Gasteiger partial charge in [-0.3, -0.25) is 0 Å². The Bertz CT molecular complexity index is 2260. The molecule has 0 saturated heterocycles. The van der Waals surface area contributed by atoms with Gasteiger partial charge >= 0.3 is 0 Å². The number of aliphatic hydroxyl groups excluding tert-OH is 1. The lowest BCUT2D eigenvalue weighted by molar-refractivity contribution is 0.311. The smallest absolute Gasteiger partial charge is 0.229 e. The second kappa shape index (κ2) is 18.6. The summed E-state index contributed by atoms with van der Waals surface area (Å²) in [4.78, 5) is 20.1. The number of aliphatic hydroxyl groups is 1. The summed E-state index contributed by atoms with van der Waals surface area (Å²) < 4.78 is 14.9. The SMILES string of the molecule is CNc1cc(C)nc(Nc2ccc(OC)c(-n3cc4c(n3)CCN(C)C4)c2)n1.CNc1cc(C)nc(Nc2ccc(OC)c(-n3cc4c(n3)CCNC4)c2)n1.CO. The van der Waals surface area contributed by atoms with Crippen molar-refractivity contribution in [2.45, 2.75) is 39.8 Å². The first kappa shape index (κ1) is 40.4. The average molecular weight is 777 g/mol. The van der Waals surface area contributed by atoms with Crippen LogP contribution in [0.15, 0.2) is 60.9 Å². The highest BCUT2D eigenvalue weighted by atomic mass is 16.5. The van der Waals surface area contributed by atoms with Crippen molar-refractivity contribution in [2.75, 3.05) is 76.8 Å². The molecule has 8 rings (SSSR count). The Hall–Kier alpha value is -6.30. The summed E-state index contributed by atoms with van der Waals surface area (Å²) >= 11 is 0. The number of ether oxygens (including phenoxy) is 2. The molecule has 0 fully saturated rings. The number of likely N-dealkylation sites (N-methyl/N-ethyl adjacent to an activating group) is 1. The molecule has 57 heavy (non-hydrogen) atoms. The van der Waals surface area contributed by atoms with Crippen LogP contribution in [0.25, 0.3) is 11.4 Å². The maximum Gasteiger partial charge on any atom is 0.229 e. The monoisotopic (exact) mass is 776 g/mol. The van der Waals surface area contributed by atoms with Gasteiger partial charge in [-0.1, -0.05) is 0 Å². The Morgan fingerprint density at radius 2 is 1.19 bits per heavy atom. The van der Waals surface area contributed by atoms with Gasteiger partial charge in [-0.05, 0) is 57.3 Å². The van der Waals surface area contributed by atoms with Crippen LogP contribution in [0, 0.1) is 13.8 Å². The van der Waals surface area contributed by atoms with Gasteiger partial charge in [-0.15, -0.1) is 0 Å². The van der Waals surface area contributed by atoms with Crippen LogP contribution in [0.1, 0.15) is 33.9 Å². The molecule has 0 atom stereocenters. The largest absolute Gasteiger partial charge is 0.494 e. The van der Waals surface area contributed by atoms with E-state index in [0.717, 1.165) is 115 Å². The van der Waals surface area contributed by atoms with E-state index in [1.54, 1.807) is 14.2 Å². The Balaban J connectivity index is 0.000000185. The minimum Gasteiger partial charge on any atom is -0.494 e. The number of rotatable bonds is 10. The number of nitrogens with zero attached hydrogens (tertiary/aromatic N) is 9. The zero-order chi connectivity index (χ0) is 40.5. The van der Waals surface area contributed by atoms with Gasteiger partial charge in [0, 0.05) is 119 Å². The number of anilines is 6. The summed E-state index contributed by atoms with van der Waals surface area (Å²) in [5.41, 5.74) is 10.0. The van der Waals surface area contributed by atoms with Gasteiger partial charge in [0.25, 0.3) is 0 Å². The summed E-state index contributed by atoms with van der Waals surface area (Å²) in [6.07, 6.45) is 6.05. The van der Waals surface area contributed by atoms with Crippen molar-refractivity contribution >= 4 is 34.9 Å². The summed E-state index contributed by atoms with van der Waals surface area (Å²) in [6, 6.07) is 15.5. The summed E-state index contributed by atoms with van der Waals surface area (Å²) in [7, 11) is 10.2. The fraction of sp³-hybridized carbons (Fsp3) is 0.350. The average Bonchev–Trinajstić information content (AvgIpc) is 3.86. The summed E-state index contributed by atoms with van der Waals surface area (Å²) in [5.74, 6) is 4.15. The van der Waals surface area contributed by atoms with E-state index >= 15 is 0 Å². The zero-order valence-electron chi connectivity index (χ0n) is 33.8. The van der Waals surface area contributed by atoms with Crippen LogP contribution in [0.5, 0.6) is 11.5 Å². The summed E-state index contributed by atoms with van der Waals surface area (Å²) in [6.45, 7) is 7.63. The van der Waals surface area contributed by atoms with Gasteiger partial charge in [0.15, 0.2) is 0 Å². The molecule has 0 saturated carbocycles. The Labute approximate surface area is 332 Å². The molecule has 6 heterocycles. The molecule has 17 heteroatoms. The van der Waals surface area contributed by atoms with Crippen molar-refractivity contribution in [2.24, 2.45) is 0 Å². The van der Waals surface area contributed by atoms with Crippen LogP contribution in [0.2, 0.25) is 0 Å². The van der Waals surface area contributed by atoms with Gasteiger partial charge in [-0.25, -0.2) is 19.3 Å². The third-order valence-corrected chi connectivity index (χ3v) is 9.36. The number of methoxy groups -OCH3 is 2. The van der Waals surface area contributed by atoms with E-state index in [9.17, 15) is 0 Å². The minimum atomic E-state index is 0.541. The van der Waals surface area contributed by atoms with E-state index in [-0.39, 0.29) is 0 Å². The van der Waals surface area contributed by atoms with Gasteiger partial charge in [-0.2, -0.15) is 20.2 Å². The Kier molecular flexibility index (Phi) is 13.1. The van der Waals surface area contributed by atoms with Crippen LogP contribution in [-0.4, -0.2) is 105 Å². The van der Waals surface area contributed by atoms with E-state index in [2.05, 4.69) is 70.9 Å². The highest BCUT2D eigenvalue weighted by Crippen LogP contribution is 2.31. The highest BCUT2D eigenvalue weighted by molar-refractivity contribution is 5.64. The third kappa shape index (κ3) is 9.75. The molecule has 17 nitrogen and oxygen atoms in total. The quantitative estimate of drug-likeness (QED) is 0.112. The first-order valence-electron chi connectivity index (χ1n) is 18.7. The molecule has 0 radical (unpaired) electrons. The lowest BCUT2D eigenvalue weighted by atomic mass is 10.1. The van der Waals surface area contributed by atoms with Crippen LogP contribution in [-0.2, 0) is 25.9 Å². The van der Waals surface area contributed by atoms with Crippen molar-refractivity contribution in [3.05, 3.63) is 94.8 Å². The normalized spacial score (nSPS) is 13.1. The van der Waals surface area contributed by atoms with Gasteiger partial charge in [0.1, 0.15) is 34.5 Å². The number of benzene rings is 2. The van der Waals surface area contributed by atoms with Crippen LogP contribution < -0.4 is 36.1 Å². The number of aryl methyl sites for hydroxylation is 2. The topological polar surface area (TPSA) is 189 Å². The van der Waals surface area contributed by atoms with E-state index in [0.29, 0.717) is 11.9 Å². The number of aromatic nitrogens is 8.